The highest BCUT2D eigenvalue weighted by atomic mass is 16.5. The highest BCUT2D eigenvalue weighted by molar-refractivity contribution is 6.15. The van der Waals surface area contributed by atoms with E-state index in [4.69, 9.17) is 9.84 Å². The molecule has 5 heteroatoms. The Bertz CT molecular complexity index is 864. The summed E-state index contributed by atoms with van der Waals surface area (Å²) >= 11 is 0. The van der Waals surface area contributed by atoms with Gasteiger partial charge in [-0.05, 0) is 24.6 Å². The monoisotopic (exact) mass is 335 g/mol. The molecule has 0 bridgehead atoms. The molecule has 0 aliphatic carbocycles. The number of nitrogens with zero attached hydrogens (tertiary/aromatic N) is 1. The van der Waals surface area contributed by atoms with Gasteiger partial charge in [-0.15, -0.1) is 0 Å². The first kappa shape index (κ1) is 16.6. The van der Waals surface area contributed by atoms with Gasteiger partial charge >= 0.3 is 11.9 Å². The van der Waals surface area contributed by atoms with Crippen molar-refractivity contribution in [2.45, 2.75) is 13.3 Å². The highest BCUT2D eigenvalue weighted by Gasteiger charge is 2.26. The molecule has 1 heterocycles. The van der Waals surface area contributed by atoms with E-state index in [1.165, 1.54) is 12.1 Å². The van der Waals surface area contributed by atoms with Gasteiger partial charge in [-0.3, -0.25) is 4.99 Å². The van der Waals surface area contributed by atoms with Crippen LogP contribution in [0.1, 0.15) is 34.8 Å². The van der Waals surface area contributed by atoms with E-state index in [0.717, 1.165) is 11.3 Å². The van der Waals surface area contributed by atoms with E-state index in [0.29, 0.717) is 23.3 Å². The van der Waals surface area contributed by atoms with Gasteiger partial charge in [0.05, 0.1) is 29.2 Å². The lowest BCUT2D eigenvalue weighted by Crippen LogP contribution is -2.10. The summed E-state index contributed by atoms with van der Waals surface area (Å²) in [5, 5.41) is 9.03. The van der Waals surface area contributed by atoms with E-state index in [2.05, 4.69) is 4.99 Å². The summed E-state index contributed by atoms with van der Waals surface area (Å²) in [6.45, 7) is 2.04. The standard InChI is InChI=1S/C20H17NO4/c1-2-25-20(24)16-12-17(13-6-4-3-5-7-13)21-18(16)14-8-10-15(11-9-14)19(22)23/h3-11H,2,12H2,1H3,(H,22,23). The van der Waals surface area contributed by atoms with Gasteiger partial charge in [0.1, 0.15) is 0 Å². The second-order valence-electron chi connectivity index (χ2n) is 5.53. The first-order valence-electron chi connectivity index (χ1n) is 7.97. The molecular weight excluding hydrogens is 318 g/mol. The molecule has 3 rings (SSSR count). The smallest absolute Gasteiger partial charge is 0.336 e. The topological polar surface area (TPSA) is 76.0 Å². The van der Waals surface area contributed by atoms with E-state index in [1.54, 1.807) is 19.1 Å². The summed E-state index contributed by atoms with van der Waals surface area (Å²) in [6, 6.07) is 16.0. The average molecular weight is 335 g/mol. The van der Waals surface area contributed by atoms with Crippen molar-refractivity contribution in [1.29, 1.82) is 0 Å². The molecule has 0 fully saturated rings. The van der Waals surface area contributed by atoms with Crippen LogP contribution in [0.15, 0.2) is 65.2 Å². The van der Waals surface area contributed by atoms with Crippen molar-refractivity contribution >= 4 is 23.3 Å². The van der Waals surface area contributed by atoms with Crippen molar-refractivity contribution in [1.82, 2.24) is 0 Å². The van der Waals surface area contributed by atoms with Gasteiger partial charge in [-0.2, -0.15) is 0 Å². The van der Waals surface area contributed by atoms with E-state index in [1.807, 2.05) is 30.3 Å². The Balaban J connectivity index is 2.01. The van der Waals surface area contributed by atoms with Crippen LogP contribution < -0.4 is 0 Å². The summed E-state index contributed by atoms with van der Waals surface area (Å²) in [5.74, 6) is -1.39. The minimum Gasteiger partial charge on any atom is -0.478 e. The maximum atomic E-state index is 12.3. The zero-order valence-corrected chi connectivity index (χ0v) is 13.7. The quantitative estimate of drug-likeness (QED) is 0.848. The fourth-order valence-corrected chi connectivity index (χ4v) is 2.69. The van der Waals surface area contributed by atoms with Crippen molar-refractivity contribution in [3.63, 3.8) is 0 Å². The number of esters is 1. The zero-order chi connectivity index (χ0) is 17.8. The molecule has 126 valence electrons. The molecule has 0 amide bonds. The predicted octanol–water partition coefficient (Wildman–Crippen LogP) is 3.55. The molecule has 2 aromatic carbocycles. The van der Waals surface area contributed by atoms with Gasteiger partial charge in [-0.1, -0.05) is 42.5 Å². The van der Waals surface area contributed by atoms with E-state index < -0.39 is 11.9 Å². The van der Waals surface area contributed by atoms with Gasteiger partial charge < -0.3 is 9.84 Å². The molecule has 1 N–H and O–H groups in total. The molecule has 0 saturated carbocycles. The first-order valence-corrected chi connectivity index (χ1v) is 7.97. The third kappa shape index (κ3) is 3.50. The van der Waals surface area contributed by atoms with Crippen LogP contribution in [0.25, 0.3) is 5.70 Å². The van der Waals surface area contributed by atoms with Crippen LogP contribution in [-0.4, -0.2) is 29.4 Å². The Kier molecular flexibility index (Phi) is 4.75. The maximum Gasteiger partial charge on any atom is 0.336 e. The van der Waals surface area contributed by atoms with Crippen molar-refractivity contribution < 1.29 is 19.4 Å². The zero-order valence-electron chi connectivity index (χ0n) is 13.7. The number of carbonyl (C=O) groups excluding carboxylic acids is 1. The van der Waals surface area contributed by atoms with Gasteiger partial charge in [0.25, 0.3) is 0 Å². The fourth-order valence-electron chi connectivity index (χ4n) is 2.69. The predicted molar refractivity (Wildman–Crippen MR) is 94.6 cm³/mol. The summed E-state index contributed by atoms with van der Waals surface area (Å²) in [7, 11) is 0. The van der Waals surface area contributed by atoms with Crippen LogP contribution >= 0.6 is 0 Å². The average Bonchev–Trinajstić information content (AvgIpc) is 3.08. The lowest BCUT2D eigenvalue weighted by Gasteiger charge is -2.06. The van der Waals surface area contributed by atoms with Crippen LogP contribution in [-0.2, 0) is 9.53 Å². The van der Waals surface area contributed by atoms with Gasteiger partial charge in [-0.25, -0.2) is 9.59 Å². The number of carboxylic acid groups (broad SMARTS) is 1. The largest absolute Gasteiger partial charge is 0.478 e. The Morgan fingerprint density at radius 2 is 1.72 bits per heavy atom. The summed E-state index contributed by atoms with van der Waals surface area (Å²) in [6.07, 6.45) is 0.388. The first-order chi connectivity index (χ1) is 12.1. The van der Waals surface area contributed by atoms with Crippen LogP contribution in [0.3, 0.4) is 0 Å². The minimum absolute atomic E-state index is 0.187. The lowest BCUT2D eigenvalue weighted by molar-refractivity contribution is -0.138. The molecule has 2 aromatic rings. The third-order valence-electron chi connectivity index (χ3n) is 3.91. The second-order valence-corrected chi connectivity index (χ2v) is 5.53. The molecule has 25 heavy (non-hydrogen) atoms. The number of carbonyl (C=O) groups is 2. The number of hydrogen-bond acceptors (Lipinski definition) is 4. The Labute approximate surface area is 145 Å². The summed E-state index contributed by atoms with van der Waals surface area (Å²) in [5.41, 5.74) is 3.65. The molecule has 0 spiro atoms. The number of carboxylic acids is 1. The van der Waals surface area contributed by atoms with Crippen molar-refractivity contribution in [3.05, 3.63) is 76.9 Å². The number of rotatable bonds is 5. The molecule has 0 atom stereocenters. The van der Waals surface area contributed by atoms with Crippen LogP contribution in [0, 0.1) is 0 Å². The van der Waals surface area contributed by atoms with Crippen LogP contribution in [0.5, 0.6) is 0 Å². The van der Waals surface area contributed by atoms with E-state index in [9.17, 15) is 9.59 Å². The van der Waals surface area contributed by atoms with Gasteiger partial charge in [0.2, 0.25) is 0 Å². The number of hydrogen-bond donors (Lipinski definition) is 1. The maximum absolute atomic E-state index is 12.3. The molecule has 0 radical (unpaired) electrons. The normalized spacial score (nSPS) is 13.6. The second kappa shape index (κ2) is 7.13. The number of aliphatic imine (C=N–C) groups is 1. The third-order valence-corrected chi connectivity index (χ3v) is 3.91. The van der Waals surface area contributed by atoms with Crippen molar-refractivity contribution in [2.75, 3.05) is 6.61 Å². The molecular formula is C20H17NO4. The fraction of sp³-hybridized carbons (Fsp3) is 0.150. The highest BCUT2D eigenvalue weighted by Crippen LogP contribution is 2.32. The molecule has 0 aromatic heterocycles. The molecule has 1 aliphatic rings. The number of ether oxygens (including phenoxy) is 1. The lowest BCUT2D eigenvalue weighted by atomic mass is 10.0. The van der Waals surface area contributed by atoms with Gasteiger partial charge in [0, 0.05) is 12.0 Å². The Hall–Kier alpha value is -3.21. The van der Waals surface area contributed by atoms with E-state index >= 15 is 0 Å². The van der Waals surface area contributed by atoms with Crippen molar-refractivity contribution in [3.8, 4) is 0 Å². The van der Waals surface area contributed by atoms with E-state index in [-0.39, 0.29) is 12.2 Å². The van der Waals surface area contributed by atoms with Crippen molar-refractivity contribution in [2.24, 2.45) is 4.99 Å². The molecule has 1 aliphatic heterocycles. The van der Waals surface area contributed by atoms with Crippen LogP contribution in [0.4, 0.5) is 0 Å². The molecule has 5 nitrogen and oxygen atoms in total. The molecule has 0 saturated heterocycles. The van der Waals surface area contributed by atoms with Crippen LogP contribution in [0.2, 0.25) is 0 Å². The molecule has 0 unspecified atom stereocenters. The number of benzene rings is 2. The Morgan fingerprint density at radius 1 is 1.04 bits per heavy atom. The minimum atomic E-state index is -0.994. The Morgan fingerprint density at radius 3 is 2.32 bits per heavy atom. The summed E-state index contributed by atoms with van der Waals surface area (Å²) < 4.78 is 5.16. The summed E-state index contributed by atoms with van der Waals surface area (Å²) in [4.78, 5) is 28.0. The number of aromatic carboxylic acids is 1. The SMILES string of the molecule is CCOC(=O)C1=C(c2ccc(C(=O)O)cc2)N=C(c2ccccc2)C1. The van der Waals surface area contributed by atoms with Gasteiger partial charge in [0.15, 0.2) is 0 Å².